The molecule has 7 nitrogen and oxygen atoms in total. The van der Waals surface area contributed by atoms with Crippen LogP contribution >= 0.6 is 11.3 Å². The lowest BCUT2D eigenvalue weighted by Crippen LogP contribution is -2.28. The van der Waals surface area contributed by atoms with Crippen molar-refractivity contribution < 1.29 is 19.4 Å². The Morgan fingerprint density at radius 2 is 2.09 bits per heavy atom. The van der Waals surface area contributed by atoms with Gasteiger partial charge in [-0.3, -0.25) is 0 Å². The molecular formula is C15H19N3O4S. The van der Waals surface area contributed by atoms with E-state index in [-0.39, 0.29) is 6.10 Å². The lowest BCUT2D eigenvalue weighted by atomic mass is 10.1. The zero-order chi connectivity index (χ0) is 17.1. The van der Waals surface area contributed by atoms with Gasteiger partial charge in [0.2, 0.25) is 0 Å². The number of anilines is 1. The number of nitrogens with one attached hydrogen (secondary N) is 1. The molecule has 1 unspecified atom stereocenters. The maximum absolute atomic E-state index is 12.2. The number of ether oxygens (including phenoxy) is 1. The minimum absolute atomic E-state index is 0.215. The molecule has 0 amide bonds. The van der Waals surface area contributed by atoms with Crippen molar-refractivity contribution in [1.29, 1.82) is 0 Å². The Hall–Kier alpha value is -2.22. The van der Waals surface area contributed by atoms with Gasteiger partial charge in [-0.05, 0) is 32.8 Å². The Morgan fingerprint density at radius 1 is 1.39 bits per heavy atom. The van der Waals surface area contributed by atoms with Crippen molar-refractivity contribution in [2.24, 2.45) is 0 Å². The smallest absolute Gasteiger partial charge is 0.348 e. The predicted octanol–water partition coefficient (Wildman–Crippen LogP) is 2.84. The van der Waals surface area contributed by atoms with E-state index < -0.39 is 18.0 Å². The summed E-state index contributed by atoms with van der Waals surface area (Å²) in [4.78, 5) is 32.8. The maximum atomic E-state index is 12.2. The van der Waals surface area contributed by atoms with Gasteiger partial charge in [-0.15, -0.1) is 11.3 Å². The molecular weight excluding hydrogens is 318 g/mol. The van der Waals surface area contributed by atoms with Crippen LogP contribution in [0, 0.1) is 6.92 Å². The number of carbonyl (C=O) groups is 2. The predicted molar refractivity (Wildman–Crippen MR) is 88.0 cm³/mol. The number of hydrogen-bond acceptors (Lipinski definition) is 7. The molecule has 0 bridgehead atoms. The molecule has 124 valence electrons. The number of aromatic nitrogens is 2. The second kappa shape index (κ2) is 6.91. The lowest BCUT2D eigenvalue weighted by molar-refractivity contribution is -0.137. The SMILES string of the molecule is CCC(Nc1ncnc2sc(C(=O)OC(C)C)c(C)c12)C(=O)O. The zero-order valence-electron chi connectivity index (χ0n) is 13.4. The Kier molecular flexibility index (Phi) is 5.15. The zero-order valence-corrected chi connectivity index (χ0v) is 14.2. The standard InChI is InChI=1S/C15H19N3O4S/c1-5-9(14(19)20)18-12-10-8(4)11(15(21)22-7(2)3)23-13(10)17-6-16-12/h6-7,9H,5H2,1-4H3,(H,19,20)(H,16,17,18). The van der Waals surface area contributed by atoms with Crippen LogP contribution in [-0.2, 0) is 9.53 Å². The van der Waals surface area contributed by atoms with Gasteiger partial charge < -0.3 is 15.2 Å². The summed E-state index contributed by atoms with van der Waals surface area (Å²) >= 11 is 1.22. The molecule has 0 aliphatic carbocycles. The number of carboxylic acids is 1. The molecule has 0 aliphatic rings. The van der Waals surface area contributed by atoms with Gasteiger partial charge in [0.25, 0.3) is 0 Å². The number of fused-ring (bicyclic) bond motifs is 1. The molecule has 0 saturated heterocycles. The van der Waals surface area contributed by atoms with Crippen LogP contribution < -0.4 is 5.32 Å². The summed E-state index contributed by atoms with van der Waals surface area (Å²) < 4.78 is 5.24. The molecule has 2 heterocycles. The molecule has 0 spiro atoms. The van der Waals surface area contributed by atoms with Gasteiger partial charge in [-0.25, -0.2) is 19.6 Å². The van der Waals surface area contributed by atoms with Crippen LogP contribution in [0.3, 0.4) is 0 Å². The molecule has 0 aliphatic heterocycles. The molecule has 2 aromatic rings. The first-order chi connectivity index (χ1) is 10.8. The monoisotopic (exact) mass is 337 g/mol. The molecule has 2 N–H and O–H groups in total. The third-order valence-corrected chi connectivity index (χ3v) is 4.45. The van der Waals surface area contributed by atoms with Gasteiger partial charge in [0.1, 0.15) is 27.9 Å². The number of hydrogen-bond donors (Lipinski definition) is 2. The number of carbonyl (C=O) groups excluding carboxylic acids is 1. The molecule has 8 heteroatoms. The normalized spacial score (nSPS) is 12.4. The summed E-state index contributed by atoms with van der Waals surface area (Å²) in [5, 5.41) is 12.8. The van der Waals surface area contributed by atoms with Crippen molar-refractivity contribution >= 4 is 39.3 Å². The summed E-state index contributed by atoms with van der Waals surface area (Å²) in [7, 11) is 0. The van der Waals surface area contributed by atoms with Crippen molar-refractivity contribution in [2.45, 2.75) is 46.3 Å². The van der Waals surface area contributed by atoms with Gasteiger partial charge >= 0.3 is 11.9 Å². The van der Waals surface area contributed by atoms with Crippen LogP contribution in [0.5, 0.6) is 0 Å². The second-order valence-electron chi connectivity index (χ2n) is 5.36. The lowest BCUT2D eigenvalue weighted by Gasteiger charge is -2.13. The van der Waals surface area contributed by atoms with Crippen LogP contribution in [0.15, 0.2) is 6.33 Å². The summed E-state index contributed by atoms with van der Waals surface area (Å²) in [6, 6.07) is -0.751. The van der Waals surface area contributed by atoms with Gasteiger partial charge in [0, 0.05) is 0 Å². The first-order valence-electron chi connectivity index (χ1n) is 7.29. The van der Waals surface area contributed by atoms with Crippen LogP contribution in [0.25, 0.3) is 10.2 Å². The van der Waals surface area contributed by atoms with Crippen molar-refractivity contribution in [3.63, 3.8) is 0 Å². The van der Waals surface area contributed by atoms with Crippen LogP contribution in [0.4, 0.5) is 5.82 Å². The average molecular weight is 337 g/mol. The first kappa shape index (κ1) is 17.1. The third kappa shape index (κ3) is 3.58. The highest BCUT2D eigenvalue weighted by Crippen LogP contribution is 2.34. The summed E-state index contributed by atoms with van der Waals surface area (Å²) in [5.74, 6) is -0.940. The maximum Gasteiger partial charge on any atom is 0.348 e. The number of aliphatic carboxylic acids is 1. The number of nitrogens with zero attached hydrogens (tertiary/aromatic N) is 2. The number of carboxylic acid groups (broad SMARTS) is 1. The van der Waals surface area contributed by atoms with Crippen LogP contribution in [0.2, 0.25) is 0 Å². The van der Waals surface area contributed by atoms with Crippen molar-refractivity contribution in [2.75, 3.05) is 5.32 Å². The number of rotatable bonds is 6. The minimum atomic E-state index is -0.952. The van der Waals surface area contributed by atoms with Crippen LogP contribution in [-0.4, -0.2) is 39.2 Å². The van der Waals surface area contributed by atoms with E-state index in [1.165, 1.54) is 17.7 Å². The highest BCUT2D eigenvalue weighted by molar-refractivity contribution is 7.20. The van der Waals surface area contributed by atoms with E-state index >= 15 is 0 Å². The van der Waals surface area contributed by atoms with E-state index in [1.54, 1.807) is 27.7 Å². The van der Waals surface area contributed by atoms with E-state index in [2.05, 4.69) is 15.3 Å². The van der Waals surface area contributed by atoms with Crippen molar-refractivity contribution in [3.05, 3.63) is 16.8 Å². The quantitative estimate of drug-likeness (QED) is 0.781. The largest absolute Gasteiger partial charge is 0.480 e. The highest BCUT2D eigenvalue weighted by Gasteiger charge is 2.23. The van der Waals surface area contributed by atoms with E-state index in [4.69, 9.17) is 4.74 Å². The second-order valence-corrected chi connectivity index (χ2v) is 6.36. The van der Waals surface area contributed by atoms with Gasteiger partial charge in [-0.1, -0.05) is 6.92 Å². The van der Waals surface area contributed by atoms with Gasteiger partial charge in [0.05, 0.1) is 11.5 Å². The van der Waals surface area contributed by atoms with Gasteiger partial charge in [0.15, 0.2) is 0 Å². The molecule has 0 aromatic carbocycles. The molecule has 0 fully saturated rings. The summed E-state index contributed by atoms with van der Waals surface area (Å²) in [5.41, 5.74) is 0.694. The number of aryl methyl sites for hydroxylation is 1. The Balaban J connectivity index is 2.46. The third-order valence-electron chi connectivity index (χ3n) is 3.27. The van der Waals surface area contributed by atoms with E-state index in [9.17, 15) is 14.7 Å². The minimum Gasteiger partial charge on any atom is -0.480 e. The fourth-order valence-electron chi connectivity index (χ4n) is 2.15. The number of esters is 1. The van der Waals surface area contributed by atoms with Crippen molar-refractivity contribution in [1.82, 2.24) is 9.97 Å². The molecule has 0 saturated carbocycles. The van der Waals surface area contributed by atoms with E-state index in [0.29, 0.717) is 32.9 Å². The summed E-state index contributed by atoms with van der Waals surface area (Å²) in [6.45, 7) is 7.13. The van der Waals surface area contributed by atoms with Gasteiger partial charge in [-0.2, -0.15) is 0 Å². The highest BCUT2D eigenvalue weighted by atomic mass is 32.1. The molecule has 2 rings (SSSR count). The Labute approximate surface area is 137 Å². The molecule has 1 atom stereocenters. The number of thiophene rings is 1. The molecule has 2 aromatic heterocycles. The Bertz CT molecular complexity index is 742. The fraction of sp³-hybridized carbons (Fsp3) is 0.467. The fourth-order valence-corrected chi connectivity index (χ4v) is 3.18. The van der Waals surface area contributed by atoms with Crippen LogP contribution in [0.1, 0.15) is 42.4 Å². The molecule has 23 heavy (non-hydrogen) atoms. The Morgan fingerprint density at radius 3 is 2.65 bits per heavy atom. The van der Waals surface area contributed by atoms with E-state index in [0.717, 1.165) is 0 Å². The van der Waals surface area contributed by atoms with Crippen molar-refractivity contribution in [3.8, 4) is 0 Å². The summed E-state index contributed by atoms with van der Waals surface area (Å²) in [6.07, 6.45) is 1.55. The topological polar surface area (TPSA) is 101 Å². The first-order valence-corrected chi connectivity index (χ1v) is 8.11. The van der Waals surface area contributed by atoms with E-state index in [1.807, 2.05) is 0 Å². The average Bonchev–Trinajstić information content (AvgIpc) is 2.82. The molecule has 0 radical (unpaired) electrons.